The fourth-order valence-corrected chi connectivity index (χ4v) is 18.7. The highest BCUT2D eigenvalue weighted by molar-refractivity contribution is 5.76. The van der Waals surface area contributed by atoms with E-state index in [0.717, 1.165) is 58.3 Å². The Hall–Kier alpha value is -2.96. The van der Waals surface area contributed by atoms with Crippen LogP contribution in [0.25, 0.3) is 0 Å². The molecule has 0 saturated carbocycles. The molecule has 0 aliphatic carbocycles. The molecule has 16 unspecified atom stereocenters. The first kappa shape index (κ1) is 119. The van der Waals surface area contributed by atoms with Crippen molar-refractivity contribution in [3.05, 3.63) is 12.2 Å². The molecule has 8 saturated heterocycles. The Bertz CT molecular complexity index is 3250. The van der Waals surface area contributed by atoms with Gasteiger partial charge in [-0.2, -0.15) is 0 Å². The molecule has 8 aliphatic heterocycles. The number of allylic oxidation sites excluding steroid dienone is 1. The number of hydrogen-bond acceptors (Lipinski definition) is 43. The third-order valence-corrected chi connectivity index (χ3v) is 27.1. The first-order valence-corrected chi connectivity index (χ1v) is 50.0. The first-order valence-electron chi connectivity index (χ1n) is 50.0. The minimum atomic E-state index is -2.40. The Balaban J connectivity index is 0.854. The summed E-state index contributed by atoms with van der Waals surface area (Å²) < 4.78 is 93.1. The molecular weight excluding hydrogens is 1820 g/mol. The summed E-state index contributed by atoms with van der Waals surface area (Å²) >= 11 is 0. The van der Waals surface area contributed by atoms with Crippen LogP contribution in [0.1, 0.15) is 239 Å². The molecule has 45 nitrogen and oxygen atoms in total. The maximum absolute atomic E-state index is 13.6. The van der Waals surface area contributed by atoms with Crippen LogP contribution in [0.5, 0.6) is 0 Å². The van der Waals surface area contributed by atoms with Crippen molar-refractivity contribution in [1.29, 1.82) is 0 Å². The fourth-order valence-electron chi connectivity index (χ4n) is 18.7. The fraction of sp³-hybridized carbons (Fsp3) is 0.957. The molecule has 8 aliphatic rings. The van der Waals surface area contributed by atoms with Crippen molar-refractivity contribution in [2.24, 2.45) is 0 Å². The largest absolute Gasteiger partial charge is 0.394 e. The first-order chi connectivity index (χ1) is 65.9. The van der Waals surface area contributed by atoms with E-state index >= 15 is 0 Å². The van der Waals surface area contributed by atoms with Crippen molar-refractivity contribution in [3.8, 4) is 0 Å². The zero-order valence-electron chi connectivity index (χ0n) is 79.3. The Morgan fingerprint density at radius 2 is 0.533 bits per heavy atom. The number of hydrogen-bond donors (Lipinski definition) is 27. The van der Waals surface area contributed by atoms with E-state index in [4.69, 9.17) is 75.8 Å². The Morgan fingerprint density at radius 1 is 0.285 bits per heavy atom. The predicted molar refractivity (Wildman–Crippen MR) is 475 cm³/mol. The second-order valence-electron chi connectivity index (χ2n) is 37.7. The average Bonchev–Trinajstić information content (AvgIpc) is 0.763. The smallest absolute Gasteiger partial charge is 0.220 e. The normalized spacial score (nSPS) is 39.4. The van der Waals surface area contributed by atoms with Crippen LogP contribution >= 0.6 is 0 Å². The molecule has 0 aromatic rings. The Labute approximate surface area is 800 Å². The van der Waals surface area contributed by atoms with E-state index in [2.05, 4.69) is 24.5 Å². The maximum Gasteiger partial charge on any atom is 0.220 e. The highest BCUT2D eigenvalue weighted by atomic mass is 16.8. The molecule has 45 heteroatoms. The van der Waals surface area contributed by atoms with E-state index in [1.807, 2.05) is 6.08 Å². The molecule has 8 rings (SSSR count). The number of rotatable bonds is 63. The minimum Gasteiger partial charge on any atom is -0.394 e. The highest BCUT2D eigenvalue weighted by Gasteiger charge is 2.61. The van der Waals surface area contributed by atoms with Gasteiger partial charge < -0.3 is 214 Å². The molecule has 27 N–H and O–H groups in total. The lowest BCUT2D eigenvalue weighted by molar-refractivity contribution is -0.401. The molecule has 8 fully saturated rings. The van der Waals surface area contributed by atoms with Crippen LogP contribution in [0, 0.1) is 0 Å². The van der Waals surface area contributed by atoms with Crippen molar-refractivity contribution < 1.29 is 213 Å². The van der Waals surface area contributed by atoms with E-state index in [1.54, 1.807) is 6.08 Å². The number of nitrogens with one attached hydrogen (secondary N) is 2. The average molecular weight is 1990 g/mol. The van der Waals surface area contributed by atoms with Crippen LogP contribution in [0.2, 0.25) is 0 Å². The summed E-state index contributed by atoms with van der Waals surface area (Å²) in [5.74, 6) is -1.14. The second kappa shape index (κ2) is 62.9. The van der Waals surface area contributed by atoms with Crippen molar-refractivity contribution in [1.82, 2.24) is 10.6 Å². The van der Waals surface area contributed by atoms with Crippen LogP contribution in [0.15, 0.2) is 12.2 Å². The van der Waals surface area contributed by atoms with Gasteiger partial charge in [-0.15, -0.1) is 0 Å². The van der Waals surface area contributed by atoms with Gasteiger partial charge in [-0.05, 0) is 19.3 Å². The zero-order chi connectivity index (χ0) is 100.0. The number of carbonyl (C=O) groups is 2. The van der Waals surface area contributed by atoms with Crippen LogP contribution in [0.4, 0.5) is 0 Å². The number of amides is 2. The van der Waals surface area contributed by atoms with Crippen molar-refractivity contribution in [2.75, 3.05) is 59.5 Å². The van der Waals surface area contributed by atoms with E-state index in [9.17, 15) is 137 Å². The Kier molecular flexibility index (Phi) is 54.8. The molecule has 0 spiro atoms. The molecule has 137 heavy (non-hydrogen) atoms. The van der Waals surface area contributed by atoms with E-state index in [-0.39, 0.29) is 12.3 Å². The lowest BCUT2D eigenvalue weighted by atomic mass is 9.94. The molecular formula is C92H166N2O43. The molecule has 0 aromatic carbocycles. The van der Waals surface area contributed by atoms with Crippen LogP contribution < -0.4 is 10.6 Å². The molecule has 0 aromatic heterocycles. The zero-order valence-corrected chi connectivity index (χ0v) is 79.3. The van der Waals surface area contributed by atoms with E-state index < -0.39 is 323 Å². The van der Waals surface area contributed by atoms with Gasteiger partial charge in [0.25, 0.3) is 0 Å². The molecule has 802 valence electrons. The monoisotopic (exact) mass is 1990 g/mol. The Morgan fingerprint density at radius 3 is 0.839 bits per heavy atom. The number of ether oxygens (including phenoxy) is 16. The molecule has 0 radical (unpaired) electrons. The van der Waals surface area contributed by atoms with Crippen LogP contribution in [-0.4, -0.2) is 457 Å². The third kappa shape index (κ3) is 34.8. The maximum atomic E-state index is 13.6. The second-order valence-corrected chi connectivity index (χ2v) is 37.7. The SMILES string of the molecule is CCCCCCCCCCCCC/C=C/[C@@H](O)[C@H](CO[C@@H]1OC(CO)[C@@H](O[C@@H]2OC(CO)[C@H](O[C@@H]3OC(CO)[C@H](O)[C@H](O[C@H]4OC(CO)[C@H](O)[C@H](O[C@H]5OC(CO)[C@H](O)[C@H](O[C@H]6OC(CO)[C@H](O)[C@H](O[C@H]7OC(CO)[C@H](O)[C@H](O[C@@H]8OC(CO)[C@H](O)[C@H](O)C8NC(C)=O)C7O)C6O)C5O)C4O)C3O)[C@H](O)C2O)[C@H](O)C1O)NC(=O)CCCCCCCCCCCCCCCCCCCCCCC. The van der Waals surface area contributed by atoms with E-state index in [1.165, 1.54) is 148 Å². The number of unbranched alkanes of at least 4 members (excludes halogenated alkanes) is 31. The summed E-state index contributed by atoms with van der Waals surface area (Å²) in [7, 11) is 0. The summed E-state index contributed by atoms with van der Waals surface area (Å²) in [5, 5.41) is 286. The summed E-state index contributed by atoms with van der Waals surface area (Å²) in [6.45, 7) is -3.47. The van der Waals surface area contributed by atoms with Gasteiger partial charge in [0.1, 0.15) is 195 Å². The molecule has 2 amide bonds. The molecule has 0 bridgehead atoms. The van der Waals surface area contributed by atoms with Crippen molar-refractivity contribution in [3.63, 3.8) is 0 Å². The van der Waals surface area contributed by atoms with Gasteiger partial charge in [0.2, 0.25) is 11.8 Å². The van der Waals surface area contributed by atoms with Gasteiger partial charge in [0.15, 0.2) is 50.3 Å². The van der Waals surface area contributed by atoms with E-state index in [0.29, 0.717) is 12.8 Å². The van der Waals surface area contributed by atoms with Crippen LogP contribution in [-0.2, 0) is 85.4 Å². The highest BCUT2D eigenvalue weighted by Crippen LogP contribution is 2.40. The summed E-state index contributed by atoms with van der Waals surface area (Å²) in [4.78, 5) is 25.8. The summed E-state index contributed by atoms with van der Waals surface area (Å²) in [5.41, 5.74) is 0. The molecule has 8 heterocycles. The number of aliphatic hydroxyl groups excluding tert-OH is 25. The topological polar surface area (TPSA) is 712 Å². The van der Waals surface area contributed by atoms with Gasteiger partial charge in [-0.25, -0.2) is 0 Å². The van der Waals surface area contributed by atoms with Gasteiger partial charge in [0.05, 0.1) is 71.6 Å². The molecule has 42 atom stereocenters. The minimum absolute atomic E-state index is 0.163. The van der Waals surface area contributed by atoms with Gasteiger partial charge in [-0.3, -0.25) is 9.59 Å². The van der Waals surface area contributed by atoms with Crippen LogP contribution in [0.3, 0.4) is 0 Å². The number of aliphatic hydroxyl groups is 25. The van der Waals surface area contributed by atoms with Gasteiger partial charge in [0, 0.05) is 13.3 Å². The van der Waals surface area contributed by atoms with Crippen molar-refractivity contribution in [2.45, 2.75) is 497 Å². The lowest BCUT2D eigenvalue weighted by Crippen LogP contribution is -2.69. The quantitative estimate of drug-likeness (QED) is 0.0201. The van der Waals surface area contributed by atoms with Gasteiger partial charge >= 0.3 is 0 Å². The summed E-state index contributed by atoms with van der Waals surface area (Å²) in [6.07, 6.45) is -38.9. The van der Waals surface area contributed by atoms with Gasteiger partial charge in [-0.1, -0.05) is 219 Å². The predicted octanol–water partition coefficient (Wildman–Crippen LogP) is -4.58. The third-order valence-electron chi connectivity index (χ3n) is 27.1. The lowest BCUT2D eigenvalue weighted by Gasteiger charge is -2.50. The summed E-state index contributed by atoms with van der Waals surface area (Å²) in [6, 6.07) is -2.72. The standard InChI is InChI=1S/C92H166N2O43/c1-4-6-8-10-12-14-16-18-19-20-21-22-23-24-25-27-29-31-33-35-37-39-60(105)94-50(51(104)38-36-34-32-30-28-26-17-15-13-11-9-7-5-2)48-122-86-71(115)69(113)78(58(46-101)129-86)131-87-72(116)70(114)79(59(47-102)130-87)132-88-74(118)81(64(108)54(42-97)124-88)134-90-76(120)83(66(110)56(44-99)126-90)136-92-77(121)84(67(111)57(45-100)128-92)137-91-75(119)82(65(109)55(43-98)127-91)135-89-73(117)80(63(107)53(41-96)125-89)133-85-61(93-49(3)103)68(112)62(106)52(40-95)123-85/h36,38,50-59,61-92,95-102,104,106-121H,4-35,37,39-48H2,1-3H3,(H,93,103)(H,94,105)/b38-36+/t50-,51+,52?,53?,54?,55?,56?,57?,58?,59?,61?,62-,63-,64-,65-,66-,67-,68+,69+,70+,71?,72?,73?,74?,75?,76?,77?,78+,79-,80-,81-,82-,83-,84-,85-,86+,87-,88-,89+,90+,91+,92+/m0/s1. The van der Waals surface area contributed by atoms with Crippen molar-refractivity contribution >= 4 is 11.8 Å². The number of carbonyl (C=O) groups excluding carboxylic acids is 2.